The van der Waals surface area contributed by atoms with Gasteiger partial charge in [0.2, 0.25) is 5.75 Å². The minimum Gasteiger partial charge on any atom is -0.493 e. The van der Waals surface area contributed by atoms with E-state index in [1.54, 1.807) is 17.0 Å². The number of benzene rings is 1. The highest BCUT2D eigenvalue weighted by Gasteiger charge is 2.57. The standard InChI is InChI=1S/C17H21NO7/c1-22-12-4-10(5-13(23-2)14(12)24-3)15(19)18-6-11-7-25-9-17(11,8-18)16(20)21/h4-5,11H,6-9H2,1-3H3,(H,20,21)/t11-,17-/m1/s1. The topological polar surface area (TPSA) is 94.5 Å². The largest absolute Gasteiger partial charge is 0.493 e. The van der Waals surface area contributed by atoms with Crippen LogP contribution in [0, 0.1) is 11.3 Å². The van der Waals surface area contributed by atoms with Crippen LogP contribution in [0.1, 0.15) is 10.4 Å². The molecule has 1 N–H and O–H groups in total. The molecule has 2 fully saturated rings. The number of likely N-dealkylation sites (tertiary alicyclic amines) is 1. The molecule has 2 heterocycles. The Morgan fingerprint density at radius 2 is 1.84 bits per heavy atom. The number of carboxylic acids is 1. The van der Waals surface area contributed by atoms with Crippen molar-refractivity contribution in [2.75, 3.05) is 47.6 Å². The van der Waals surface area contributed by atoms with Crippen LogP contribution in [-0.2, 0) is 9.53 Å². The molecule has 0 aliphatic carbocycles. The second-order valence-corrected chi connectivity index (χ2v) is 6.27. The zero-order chi connectivity index (χ0) is 18.2. The van der Waals surface area contributed by atoms with Gasteiger partial charge < -0.3 is 29.0 Å². The molecule has 2 aliphatic heterocycles. The third kappa shape index (κ3) is 2.66. The van der Waals surface area contributed by atoms with Crippen molar-refractivity contribution in [3.8, 4) is 17.2 Å². The number of carbonyl (C=O) groups is 2. The molecule has 1 amide bonds. The van der Waals surface area contributed by atoms with Gasteiger partial charge in [-0.25, -0.2) is 0 Å². The van der Waals surface area contributed by atoms with Gasteiger partial charge in [0.05, 0.1) is 34.5 Å². The van der Waals surface area contributed by atoms with Gasteiger partial charge in [-0.05, 0) is 12.1 Å². The van der Waals surface area contributed by atoms with E-state index in [1.165, 1.54) is 21.3 Å². The van der Waals surface area contributed by atoms with Crippen molar-refractivity contribution in [2.45, 2.75) is 0 Å². The maximum atomic E-state index is 12.9. The summed E-state index contributed by atoms with van der Waals surface area (Å²) in [5.74, 6) is -0.238. The lowest BCUT2D eigenvalue weighted by molar-refractivity contribution is -0.149. The van der Waals surface area contributed by atoms with Crippen molar-refractivity contribution in [3.05, 3.63) is 17.7 Å². The number of amides is 1. The van der Waals surface area contributed by atoms with Crippen LogP contribution in [-0.4, -0.2) is 69.5 Å². The van der Waals surface area contributed by atoms with Gasteiger partial charge in [-0.3, -0.25) is 9.59 Å². The number of methoxy groups -OCH3 is 3. The van der Waals surface area contributed by atoms with E-state index in [4.69, 9.17) is 18.9 Å². The molecule has 8 heteroatoms. The van der Waals surface area contributed by atoms with E-state index >= 15 is 0 Å². The first-order valence-corrected chi connectivity index (χ1v) is 7.87. The first kappa shape index (κ1) is 17.3. The Morgan fingerprint density at radius 3 is 2.32 bits per heavy atom. The molecular weight excluding hydrogens is 330 g/mol. The monoisotopic (exact) mass is 351 g/mol. The Balaban J connectivity index is 1.91. The highest BCUT2D eigenvalue weighted by Crippen LogP contribution is 2.43. The molecule has 2 saturated heterocycles. The molecule has 8 nitrogen and oxygen atoms in total. The highest BCUT2D eigenvalue weighted by atomic mass is 16.5. The number of hydrogen-bond acceptors (Lipinski definition) is 6. The lowest BCUT2D eigenvalue weighted by Crippen LogP contribution is -2.40. The number of ether oxygens (including phenoxy) is 4. The smallest absolute Gasteiger partial charge is 0.314 e. The molecule has 0 saturated carbocycles. The zero-order valence-electron chi connectivity index (χ0n) is 14.4. The van der Waals surface area contributed by atoms with Gasteiger partial charge in [-0.2, -0.15) is 0 Å². The number of aliphatic carboxylic acids is 1. The molecule has 2 atom stereocenters. The minimum atomic E-state index is -1.02. The van der Waals surface area contributed by atoms with Crippen LogP contribution in [0.4, 0.5) is 0 Å². The maximum absolute atomic E-state index is 12.9. The Morgan fingerprint density at radius 1 is 1.20 bits per heavy atom. The summed E-state index contributed by atoms with van der Waals surface area (Å²) in [5.41, 5.74) is -0.660. The van der Waals surface area contributed by atoms with Crippen LogP contribution < -0.4 is 14.2 Å². The first-order valence-electron chi connectivity index (χ1n) is 7.87. The van der Waals surface area contributed by atoms with Crippen LogP contribution in [0.5, 0.6) is 17.2 Å². The van der Waals surface area contributed by atoms with E-state index < -0.39 is 11.4 Å². The fourth-order valence-corrected chi connectivity index (χ4v) is 3.58. The van der Waals surface area contributed by atoms with E-state index in [1.807, 2.05) is 0 Å². The molecule has 0 unspecified atom stereocenters. The predicted octanol–water partition coefficient (Wildman–Crippen LogP) is 0.886. The Hall–Kier alpha value is -2.48. The summed E-state index contributed by atoms with van der Waals surface area (Å²) in [4.78, 5) is 26.2. The van der Waals surface area contributed by atoms with Crippen molar-refractivity contribution in [3.63, 3.8) is 0 Å². The van der Waals surface area contributed by atoms with Crippen LogP contribution in [0.2, 0.25) is 0 Å². The van der Waals surface area contributed by atoms with Crippen LogP contribution in [0.3, 0.4) is 0 Å². The van der Waals surface area contributed by atoms with Crippen LogP contribution in [0.25, 0.3) is 0 Å². The number of carbonyl (C=O) groups excluding carboxylic acids is 1. The molecule has 1 aromatic carbocycles. The summed E-state index contributed by atoms with van der Waals surface area (Å²) in [6.07, 6.45) is 0. The second-order valence-electron chi connectivity index (χ2n) is 6.27. The number of nitrogens with zero attached hydrogens (tertiary/aromatic N) is 1. The van der Waals surface area contributed by atoms with Gasteiger partial charge >= 0.3 is 5.97 Å². The van der Waals surface area contributed by atoms with Crippen LogP contribution >= 0.6 is 0 Å². The van der Waals surface area contributed by atoms with Crippen molar-refractivity contribution in [1.29, 1.82) is 0 Å². The Bertz CT molecular complexity index is 679. The van der Waals surface area contributed by atoms with Crippen molar-refractivity contribution in [2.24, 2.45) is 11.3 Å². The molecule has 0 spiro atoms. The van der Waals surface area contributed by atoms with Crippen LogP contribution in [0.15, 0.2) is 12.1 Å². The maximum Gasteiger partial charge on any atom is 0.314 e. The van der Waals surface area contributed by atoms with E-state index in [0.29, 0.717) is 36.0 Å². The number of carboxylic acid groups (broad SMARTS) is 1. The fourth-order valence-electron chi connectivity index (χ4n) is 3.58. The van der Waals surface area contributed by atoms with Gasteiger partial charge in [0.1, 0.15) is 5.41 Å². The normalized spacial score (nSPS) is 24.8. The van der Waals surface area contributed by atoms with E-state index in [0.717, 1.165) is 0 Å². The summed E-state index contributed by atoms with van der Waals surface area (Å²) >= 11 is 0. The van der Waals surface area contributed by atoms with Crippen molar-refractivity contribution in [1.82, 2.24) is 4.90 Å². The fraction of sp³-hybridized carbons (Fsp3) is 0.529. The lowest BCUT2D eigenvalue weighted by Gasteiger charge is -2.22. The van der Waals surface area contributed by atoms with E-state index in [-0.39, 0.29) is 25.0 Å². The summed E-state index contributed by atoms with van der Waals surface area (Å²) in [6, 6.07) is 3.14. The third-order valence-corrected chi connectivity index (χ3v) is 5.00. The van der Waals surface area contributed by atoms with Crippen molar-refractivity contribution >= 4 is 11.9 Å². The van der Waals surface area contributed by atoms with Gasteiger partial charge in [0.25, 0.3) is 5.91 Å². The zero-order valence-corrected chi connectivity index (χ0v) is 14.4. The summed E-state index contributed by atoms with van der Waals surface area (Å²) < 4.78 is 21.1. The lowest BCUT2D eigenvalue weighted by atomic mass is 9.81. The molecule has 136 valence electrons. The average molecular weight is 351 g/mol. The molecule has 1 aromatic rings. The van der Waals surface area contributed by atoms with Crippen molar-refractivity contribution < 1.29 is 33.6 Å². The Kier molecular flexibility index (Phi) is 4.47. The molecule has 25 heavy (non-hydrogen) atoms. The summed E-state index contributed by atoms with van der Waals surface area (Å²) in [5, 5.41) is 9.60. The number of hydrogen-bond donors (Lipinski definition) is 1. The van der Waals surface area contributed by atoms with Gasteiger partial charge in [-0.1, -0.05) is 0 Å². The molecule has 3 rings (SSSR count). The Labute approximate surface area is 145 Å². The molecule has 0 bridgehead atoms. The van der Waals surface area contributed by atoms with E-state index in [9.17, 15) is 14.7 Å². The van der Waals surface area contributed by atoms with Gasteiger partial charge in [0, 0.05) is 24.6 Å². The minimum absolute atomic E-state index is 0.127. The van der Waals surface area contributed by atoms with E-state index in [2.05, 4.69) is 0 Å². The molecular formula is C17H21NO7. The average Bonchev–Trinajstić information content (AvgIpc) is 3.18. The third-order valence-electron chi connectivity index (χ3n) is 5.00. The molecule has 0 aromatic heterocycles. The SMILES string of the molecule is COc1cc(C(=O)N2C[C@@H]3COC[C@]3(C(=O)O)C2)cc(OC)c1OC. The number of rotatable bonds is 5. The highest BCUT2D eigenvalue weighted by molar-refractivity contribution is 5.96. The first-order chi connectivity index (χ1) is 12.0. The quantitative estimate of drug-likeness (QED) is 0.842. The van der Waals surface area contributed by atoms with Gasteiger partial charge in [-0.15, -0.1) is 0 Å². The van der Waals surface area contributed by atoms with Gasteiger partial charge in [0.15, 0.2) is 11.5 Å². The number of fused-ring (bicyclic) bond motifs is 1. The molecule has 0 radical (unpaired) electrons. The summed E-state index contributed by atoms with van der Waals surface area (Å²) in [6.45, 7) is 0.960. The predicted molar refractivity (Wildman–Crippen MR) is 86.4 cm³/mol. The molecule has 2 aliphatic rings. The summed E-state index contributed by atoms with van der Waals surface area (Å²) in [7, 11) is 4.44. The second kappa shape index (κ2) is 6.44.